The molecule has 6 nitrogen and oxygen atoms in total. The predicted molar refractivity (Wildman–Crippen MR) is 115 cm³/mol. The highest BCUT2D eigenvalue weighted by molar-refractivity contribution is 5.98. The summed E-state index contributed by atoms with van der Waals surface area (Å²) < 4.78 is 15.8. The Morgan fingerprint density at radius 1 is 0.867 bits per heavy atom. The van der Waals surface area contributed by atoms with E-state index in [2.05, 4.69) is 5.32 Å². The van der Waals surface area contributed by atoms with Gasteiger partial charge >= 0.3 is 5.97 Å². The van der Waals surface area contributed by atoms with Crippen molar-refractivity contribution in [1.82, 2.24) is 0 Å². The second-order valence-electron chi connectivity index (χ2n) is 6.47. The van der Waals surface area contributed by atoms with E-state index in [9.17, 15) is 9.59 Å². The average molecular weight is 405 g/mol. The lowest BCUT2D eigenvalue weighted by Crippen LogP contribution is -2.31. The highest BCUT2D eigenvalue weighted by Gasteiger charge is 2.20. The van der Waals surface area contributed by atoms with Crippen LogP contribution in [0.25, 0.3) is 11.1 Å². The van der Waals surface area contributed by atoms with Crippen LogP contribution in [-0.2, 0) is 14.3 Å². The minimum Gasteiger partial charge on any atom is -0.493 e. The summed E-state index contributed by atoms with van der Waals surface area (Å²) in [4.78, 5) is 24.7. The van der Waals surface area contributed by atoms with Gasteiger partial charge in [-0.05, 0) is 30.7 Å². The number of para-hydroxylation sites is 3. The maximum absolute atomic E-state index is 12.6. The number of anilines is 1. The van der Waals surface area contributed by atoms with Crippen molar-refractivity contribution in [2.45, 2.75) is 13.0 Å². The molecule has 0 bridgehead atoms. The van der Waals surface area contributed by atoms with Gasteiger partial charge in [0.15, 0.2) is 24.2 Å². The molecule has 1 amide bonds. The molecule has 0 saturated heterocycles. The Morgan fingerprint density at radius 2 is 1.50 bits per heavy atom. The summed E-state index contributed by atoms with van der Waals surface area (Å²) in [5.41, 5.74) is 2.50. The van der Waals surface area contributed by atoms with Crippen LogP contribution in [0.2, 0.25) is 0 Å². The molecule has 30 heavy (non-hydrogen) atoms. The Bertz CT molecular complexity index is 1000. The van der Waals surface area contributed by atoms with E-state index in [4.69, 9.17) is 14.2 Å². The molecule has 154 valence electrons. The standard InChI is InChI=1S/C24H23NO5/c1-17(30-23(26)16-29-22-15-9-8-14-21(22)28-2)24(27)25-20-13-7-6-12-19(20)18-10-4-3-5-11-18/h3-15,17H,16H2,1-2H3,(H,25,27)/t17-/m1/s1. The molecule has 3 aromatic rings. The highest BCUT2D eigenvalue weighted by atomic mass is 16.6. The van der Waals surface area contributed by atoms with E-state index in [0.717, 1.165) is 11.1 Å². The van der Waals surface area contributed by atoms with Gasteiger partial charge in [-0.3, -0.25) is 4.79 Å². The second-order valence-corrected chi connectivity index (χ2v) is 6.47. The van der Waals surface area contributed by atoms with E-state index in [1.807, 2.05) is 48.5 Å². The maximum atomic E-state index is 12.6. The summed E-state index contributed by atoms with van der Waals surface area (Å²) in [6.07, 6.45) is -0.984. The van der Waals surface area contributed by atoms with Gasteiger partial charge in [0.1, 0.15) is 0 Å². The lowest BCUT2D eigenvalue weighted by Gasteiger charge is -2.16. The number of methoxy groups -OCH3 is 1. The van der Waals surface area contributed by atoms with Crippen LogP contribution in [-0.4, -0.2) is 31.7 Å². The summed E-state index contributed by atoms with van der Waals surface area (Å²) in [5.74, 6) is -0.150. The van der Waals surface area contributed by atoms with Crippen molar-refractivity contribution in [1.29, 1.82) is 0 Å². The monoisotopic (exact) mass is 405 g/mol. The molecule has 0 fully saturated rings. The zero-order chi connectivity index (χ0) is 21.3. The average Bonchev–Trinajstić information content (AvgIpc) is 2.78. The third-order valence-electron chi connectivity index (χ3n) is 4.36. The number of carbonyl (C=O) groups is 2. The molecule has 0 heterocycles. The van der Waals surface area contributed by atoms with Crippen LogP contribution in [0.1, 0.15) is 6.92 Å². The molecule has 1 atom stereocenters. The Labute approximate surface area is 175 Å². The van der Waals surface area contributed by atoms with E-state index >= 15 is 0 Å². The number of rotatable bonds is 8. The van der Waals surface area contributed by atoms with E-state index in [-0.39, 0.29) is 6.61 Å². The van der Waals surface area contributed by atoms with Crippen LogP contribution >= 0.6 is 0 Å². The Hall–Kier alpha value is -3.80. The second kappa shape index (κ2) is 10.1. The van der Waals surface area contributed by atoms with Gasteiger partial charge < -0.3 is 19.5 Å². The van der Waals surface area contributed by atoms with E-state index in [1.54, 1.807) is 30.3 Å². The zero-order valence-electron chi connectivity index (χ0n) is 16.8. The number of benzene rings is 3. The van der Waals surface area contributed by atoms with Crippen LogP contribution < -0.4 is 14.8 Å². The minimum absolute atomic E-state index is 0.335. The summed E-state index contributed by atoms with van der Waals surface area (Å²) >= 11 is 0. The largest absolute Gasteiger partial charge is 0.493 e. The molecule has 3 rings (SSSR count). The normalized spacial score (nSPS) is 11.3. The first-order valence-electron chi connectivity index (χ1n) is 9.49. The molecule has 0 aromatic heterocycles. The lowest BCUT2D eigenvalue weighted by molar-refractivity contribution is -0.155. The van der Waals surface area contributed by atoms with Gasteiger partial charge in [0, 0.05) is 11.3 Å². The van der Waals surface area contributed by atoms with Crippen molar-refractivity contribution in [3.8, 4) is 22.6 Å². The third-order valence-corrected chi connectivity index (χ3v) is 4.36. The van der Waals surface area contributed by atoms with Crippen molar-refractivity contribution >= 4 is 17.6 Å². The molecular formula is C24H23NO5. The number of ether oxygens (including phenoxy) is 3. The van der Waals surface area contributed by atoms with Crippen LogP contribution in [0.3, 0.4) is 0 Å². The summed E-state index contributed by atoms with van der Waals surface area (Å²) in [7, 11) is 1.51. The van der Waals surface area contributed by atoms with Gasteiger partial charge in [0.05, 0.1) is 7.11 Å². The quantitative estimate of drug-likeness (QED) is 0.565. The van der Waals surface area contributed by atoms with Crippen molar-refractivity contribution < 1.29 is 23.8 Å². The van der Waals surface area contributed by atoms with E-state index < -0.39 is 18.0 Å². The number of esters is 1. The topological polar surface area (TPSA) is 73.9 Å². The lowest BCUT2D eigenvalue weighted by atomic mass is 10.0. The number of nitrogens with one attached hydrogen (secondary N) is 1. The van der Waals surface area contributed by atoms with Gasteiger partial charge in [0.2, 0.25) is 0 Å². The smallest absolute Gasteiger partial charge is 0.344 e. The molecule has 0 radical (unpaired) electrons. The van der Waals surface area contributed by atoms with Crippen LogP contribution in [0, 0.1) is 0 Å². The first-order chi connectivity index (χ1) is 14.6. The third kappa shape index (κ3) is 5.38. The number of hydrogen-bond donors (Lipinski definition) is 1. The fourth-order valence-corrected chi connectivity index (χ4v) is 2.86. The SMILES string of the molecule is COc1ccccc1OCC(=O)O[C@H](C)C(=O)Nc1ccccc1-c1ccccc1. The molecule has 3 aromatic carbocycles. The molecular weight excluding hydrogens is 382 g/mol. The Balaban J connectivity index is 1.58. The molecule has 0 unspecified atom stereocenters. The summed E-state index contributed by atoms with van der Waals surface area (Å²) in [5, 5.41) is 2.83. The molecule has 0 saturated carbocycles. The van der Waals surface area contributed by atoms with Crippen LogP contribution in [0.15, 0.2) is 78.9 Å². The van der Waals surface area contributed by atoms with Crippen molar-refractivity contribution in [2.75, 3.05) is 19.0 Å². The van der Waals surface area contributed by atoms with Gasteiger partial charge in [-0.1, -0.05) is 60.7 Å². The molecule has 0 aliphatic carbocycles. The zero-order valence-corrected chi connectivity index (χ0v) is 16.8. The molecule has 0 aliphatic heterocycles. The van der Waals surface area contributed by atoms with E-state index in [0.29, 0.717) is 17.2 Å². The van der Waals surface area contributed by atoms with Gasteiger partial charge in [-0.25, -0.2) is 4.79 Å². The first kappa shape index (κ1) is 20.9. The molecule has 1 N–H and O–H groups in total. The Morgan fingerprint density at radius 3 is 2.23 bits per heavy atom. The molecule has 0 aliphatic rings. The van der Waals surface area contributed by atoms with Crippen LogP contribution in [0.5, 0.6) is 11.5 Å². The first-order valence-corrected chi connectivity index (χ1v) is 9.49. The fraction of sp³-hybridized carbons (Fsp3) is 0.167. The summed E-state index contributed by atoms with van der Waals surface area (Å²) in [6.45, 7) is 1.18. The van der Waals surface area contributed by atoms with Gasteiger partial charge in [-0.2, -0.15) is 0 Å². The van der Waals surface area contributed by atoms with Crippen molar-refractivity contribution in [2.24, 2.45) is 0 Å². The molecule has 0 spiro atoms. The minimum atomic E-state index is -0.984. The van der Waals surface area contributed by atoms with Crippen molar-refractivity contribution in [3.63, 3.8) is 0 Å². The maximum Gasteiger partial charge on any atom is 0.344 e. The highest BCUT2D eigenvalue weighted by Crippen LogP contribution is 2.28. The number of amides is 1. The summed E-state index contributed by atoms with van der Waals surface area (Å²) in [6, 6.07) is 24.1. The number of carbonyl (C=O) groups excluding carboxylic acids is 2. The fourth-order valence-electron chi connectivity index (χ4n) is 2.86. The number of hydrogen-bond acceptors (Lipinski definition) is 5. The van der Waals surface area contributed by atoms with E-state index in [1.165, 1.54) is 14.0 Å². The predicted octanol–water partition coefficient (Wildman–Crippen LogP) is 4.31. The molecule has 6 heteroatoms. The van der Waals surface area contributed by atoms with Crippen LogP contribution in [0.4, 0.5) is 5.69 Å². The Kier molecular flexibility index (Phi) is 7.05. The van der Waals surface area contributed by atoms with Gasteiger partial charge in [-0.15, -0.1) is 0 Å². The van der Waals surface area contributed by atoms with Crippen molar-refractivity contribution in [3.05, 3.63) is 78.9 Å². The van der Waals surface area contributed by atoms with Gasteiger partial charge in [0.25, 0.3) is 5.91 Å².